The van der Waals surface area contributed by atoms with E-state index in [2.05, 4.69) is 36.6 Å². The lowest BCUT2D eigenvalue weighted by atomic mass is 9.92. The topological polar surface area (TPSA) is 84.2 Å². The lowest BCUT2D eigenvalue weighted by molar-refractivity contribution is -0.127. The molecule has 0 spiro atoms. The molecule has 0 aliphatic carbocycles. The number of nitrogens with two attached hydrogens (primary N) is 1. The summed E-state index contributed by atoms with van der Waals surface area (Å²) in [4.78, 5) is 23.5. The van der Waals surface area contributed by atoms with Gasteiger partial charge in [-0.25, -0.2) is 0 Å². The van der Waals surface area contributed by atoms with E-state index < -0.39 is 0 Å². The van der Waals surface area contributed by atoms with Crippen molar-refractivity contribution in [1.29, 1.82) is 0 Å². The summed E-state index contributed by atoms with van der Waals surface area (Å²) in [6.07, 6.45) is 0.391. The molecule has 2 amide bonds. The summed E-state index contributed by atoms with van der Waals surface area (Å²) in [7, 11) is 0. The molecule has 1 aromatic rings. The lowest BCUT2D eigenvalue weighted by Gasteiger charge is -2.17. The van der Waals surface area contributed by atoms with E-state index in [9.17, 15) is 9.59 Å². The molecule has 0 saturated carbocycles. The number of amides is 2. The summed E-state index contributed by atoms with van der Waals surface area (Å²) in [6, 6.07) is 7.86. The highest BCUT2D eigenvalue weighted by Gasteiger charge is 2.16. The number of halogens is 1. The standard InChI is InChI=1S/C19H31N3O2.ClH/c1-13(2)14-6-8-15(9-7-14)16(20)11-21-18(24)12-22-17(23)10-19(3,4)5;/h6-9,13,16H,10-12,20H2,1-5H3,(H,21,24)(H,22,23);1H. The van der Waals surface area contributed by atoms with Crippen molar-refractivity contribution in [3.05, 3.63) is 35.4 Å². The van der Waals surface area contributed by atoms with Crippen molar-refractivity contribution >= 4 is 24.2 Å². The van der Waals surface area contributed by atoms with Crippen LogP contribution in [0.1, 0.15) is 64.1 Å². The molecule has 0 heterocycles. The minimum Gasteiger partial charge on any atom is -0.353 e. The van der Waals surface area contributed by atoms with Crippen molar-refractivity contribution in [2.75, 3.05) is 13.1 Å². The Balaban J connectivity index is 0.00000576. The molecule has 25 heavy (non-hydrogen) atoms. The van der Waals surface area contributed by atoms with E-state index >= 15 is 0 Å². The molecule has 0 aliphatic heterocycles. The normalized spacial score (nSPS) is 12.3. The maximum Gasteiger partial charge on any atom is 0.239 e. The summed E-state index contributed by atoms with van der Waals surface area (Å²) in [5, 5.41) is 5.39. The van der Waals surface area contributed by atoms with Crippen LogP contribution in [0.15, 0.2) is 24.3 Å². The Labute approximate surface area is 157 Å². The molecule has 4 N–H and O–H groups in total. The summed E-state index contributed by atoms with van der Waals surface area (Å²) in [5.74, 6) is 0.129. The second kappa shape index (κ2) is 10.4. The average Bonchev–Trinajstić information content (AvgIpc) is 2.49. The fourth-order valence-electron chi connectivity index (χ4n) is 2.26. The van der Waals surface area contributed by atoms with Crippen molar-refractivity contribution in [1.82, 2.24) is 10.6 Å². The zero-order chi connectivity index (χ0) is 18.3. The van der Waals surface area contributed by atoms with Gasteiger partial charge in [-0.15, -0.1) is 12.4 Å². The molecule has 5 nitrogen and oxygen atoms in total. The lowest BCUT2D eigenvalue weighted by Crippen LogP contribution is -2.40. The van der Waals surface area contributed by atoms with E-state index in [1.807, 2.05) is 32.9 Å². The first-order valence-corrected chi connectivity index (χ1v) is 8.47. The van der Waals surface area contributed by atoms with Gasteiger partial charge in [-0.05, 0) is 22.5 Å². The third-order valence-corrected chi connectivity index (χ3v) is 3.69. The molecule has 1 unspecified atom stereocenters. The van der Waals surface area contributed by atoms with Crippen LogP contribution in [0.2, 0.25) is 0 Å². The van der Waals surface area contributed by atoms with E-state index in [1.165, 1.54) is 5.56 Å². The molecule has 142 valence electrons. The van der Waals surface area contributed by atoms with Crippen LogP contribution < -0.4 is 16.4 Å². The number of rotatable bonds is 7. The van der Waals surface area contributed by atoms with Crippen molar-refractivity contribution in [3.8, 4) is 0 Å². The molecular weight excluding hydrogens is 338 g/mol. The number of hydrogen-bond donors (Lipinski definition) is 3. The highest BCUT2D eigenvalue weighted by molar-refractivity contribution is 5.85. The SMILES string of the molecule is CC(C)c1ccc(C(N)CNC(=O)CNC(=O)CC(C)(C)C)cc1.Cl. The Hall–Kier alpha value is -1.59. The smallest absolute Gasteiger partial charge is 0.239 e. The van der Waals surface area contributed by atoms with Crippen molar-refractivity contribution < 1.29 is 9.59 Å². The average molecular weight is 370 g/mol. The highest BCUT2D eigenvalue weighted by Crippen LogP contribution is 2.18. The summed E-state index contributed by atoms with van der Waals surface area (Å²) >= 11 is 0. The largest absolute Gasteiger partial charge is 0.353 e. The van der Waals surface area contributed by atoms with Gasteiger partial charge in [-0.3, -0.25) is 9.59 Å². The third kappa shape index (κ3) is 9.46. The Morgan fingerprint density at radius 1 is 1.00 bits per heavy atom. The zero-order valence-electron chi connectivity index (χ0n) is 15.9. The number of benzene rings is 1. The molecule has 6 heteroatoms. The van der Waals surface area contributed by atoms with Gasteiger partial charge in [0, 0.05) is 19.0 Å². The van der Waals surface area contributed by atoms with Crippen molar-refractivity contribution in [2.24, 2.45) is 11.1 Å². The van der Waals surface area contributed by atoms with E-state index in [-0.39, 0.29) is 42.2 Å². The van der Waals surface area contributed by atoms with E-state index in [1.54, 1.807) is 0 Å². The van der Waals surface area contributed by atoms with Crippen LogP contribution in [0.4, 0.5) is 0 Å². The van der Waals surface area contributed by atoms with Gasteiger partial charge in [0.25, 0.3) is 0 Å². The first-order chi connectivity index (χ1) is 11.1. The number of carbonyl (C=O) groups is 2. The predicted molar refractivity (Wildman–Crippen MR) is 105 cm³/mol. The second-order valence-electron chi connectivity index (χ2n) is 7.75. The van der Waals surface area contributed by atoms with E-state index in [0.717, 1.165) is 5.56 Å². The maximum absolute atomic E-state index is 11.8. The Bertz CT molecular complexity index is 551. The van der Waals surface area contributed by atoms with Crippen molar-refractivity contribution in [2.45, 2.75) is 53.0 Å². The minimum atomic E-state index is -0.263. The van der Waals surface area contributed by atoms with Crippen LogP contribution in [0.25, 0.3) is 0 Å². The number of carbonyl (C=O) groups excluding carboxylic acids is 2. The van der Waals surface area contributed by atoms with E-state index in [4.69, 9.17) is 5.73 Å². The van der Waals surface area contributed by atoms with Gasteiger partial charge in [0.1, 0.15) is 0 Å². The summed E-state index contributed by atoms with van der Waals surface area (Å²) in [6.45, 7) is 10.6. The van der Waals surface area contributed by atoms with Crippen LogP contribution >= 0.6 is 12.4 Å². The first-order valence-electron chi connectivity index (χ1n) is 8.47. The molecule has 0 aliphatic rings. The van der Waals surface area contributed by atoms with Gasteiger partial charge < -0.3 is 16.4 Å². The van der Waals surface area contributed by atoms with Crippen molar-refractivity contribution in [3.63, 3.8) is 0 Å². The van der Waals surface area contributed by atoms with Crippen LogP contribution in [-0.4, -0.2) is 24.9 Å². The fourth-order valence-corrected chi connectivity index (χ4v) is 2.26. The first kappa shape index (κ1) is 23.4. The van der Waals surface area contributed by atoms with Crippen LogP contribution in [0.3, 0.4) is 0 Å². The van der Waals surface area contributed by atoms with Gasteiger partial charge in [0.15, 0.2) is 0 Å². The Morgan fingerprint density at radius 2 is 1.52 bits per heavy atom. The number of hydrogen-bond acceptors (Lipinski definition) is 3. The van der Waals surface area contributed by atoms with E-state index in [0.29, 0.717) is 18.9 Å². The minimum absolute atomic E-state index is 0. The predicted octanol–water partition coefficient (Wildman–Crippen LogP) is 2.90. The summed E-state index contributed by atoms with van der Waals surface area (Å²) in [5.41, 5.74) is 8.26. The molecule has 1 aromatic carbocycles. The van der Waals surface area contributed by atoms with Gasteiger partial charge >= 0.3 is 0 Å². The Morgan fingerprint density at radius 3 is 2.00 bits per heavy atom. The maximum atomic E-state index is 11.8. The van der Waals surface area contributed by atoms with Crippen LogP contribution in [0, 0.1) is 5.41 Å². The van der Waals surface area contributed by atoms with Gasteiger partial charge in [-0.2, -0.15) is 0 Å². The number of nitrogens with one attached hydrogen (secondary N) is 2. The van der Waals surface area contributed by atoms with Crippen LogP contribution in [-0.2, 0) is 9.59 Å². The highest BCUT2D eigenvalue weighted by atomic mass is 35.5. The van der Waals surface area contributed by atoms with Gasteiger partial charge in [0.2, 0.25) is 11.8 Å². The molecule has 1 atom stereocenters. The second-order valence-corrected chi connectivity index (χ2v) is 7.75. The monoisotopic (exact) mass is 369 g/mol. The third-order valence-electron chi connectivity index (χ3n) is 3.69. The Kier molecular flexibility index (Phi) is 9.75. The molecule has 0 saturated heterocycles. The fraction of sp³-hybridized carbons (Fsp3) is 0.579. The zero-order valence-corrected chi connectivity index (χ0v) is 16.7. The summed E-state index contributed by atoms with van der Waals surface area (Å²) < 4.78 is 0. The quantitative estimate of drug-likeness (QED) is 0.690. The molecule has 1 rings (SSSR count). The molecular formula is C19H32ClN3O2. The molecule has 0 fully saturated rings. The van der Waals surface area contributed by atoms with Gasteiger partial charge in [0.05, 0.1) is 6.54 Å². The molecule has 0 radical (unpaired) electrons. The molecule has 0 bridgehead atoms. The van der Waals surface area contributed by atoms with Crippen LogP contribution in [0.5, 0.6) is 0 Å². The molecule has 0 aromatic heterocycles. The van der Waals surface area contributed by atoms with Gasteiger partial charge in [-0.1, -0.05) is 58.9 Å².